The van der Waals surface area contributed by atoms with Crippen molar-refractivity contribution in [1.29, 1.82) is 0 Å². The van der Waals surface area contributed by atoms with Crippen LogP contribution in [0.15, 0.2) is 36.4 Å². The van der Waals surface area contributed by atoms with Crippen molar-refractivity contribution in [1.82, 2.24) is 0 Å². The zero-order chi connectivity index (χ0) is 19.6. The second-order valence-corrected chi connectivity index (χ2v) is 6.55. The first-order valence-electron chi connectivity index (χ1n) is 8.91. The third-order valence-corrected chi connectivity index (χ3v) is 4.73. The van der Waals surface area contributed by atoms with E-state index in [9.17, 15) is 19.7 Å². The Morgan fingerprint density at radius 2 is 2.04 bits per heavy atom. The molecule has 2 aromatic rings. The number of aryl methyl sites for hydroxylation is 1. The average molecular weight is 367 g/mol. The lowest BCUT2D eigenvalue weighted by Crippen LogP contribution is -2.35. The van der Waals surface area contributed by atoms with E-state index in [1.54, 1.807) is 24.0 Å². The summed E-state index contributed by atoms with van der Waals surface area (Å²) in [4.78, 5) is 37.1. The van der Waals surface area contributed by atoms with Crippen LogP contribution >= 0.6 is 0 Å². The van der Waals surface area contributed by atoms with Gasteiger partial charge in [0.1, 0.15) is 0 Å². The number of nitro benzene ring substituents is 1. The molecule has 3 rings (SSSR count). The van der Waals surface area contributed by atoms with E-state index in [0.717, 1.165) is 17.7 Å². The number of anilines is 2. The Morgan fingerprint density at radius 3 is 2.74 bits per heavy atom. The van der Waals surface area contributed by atoms with E-state index < -0.39 is 10.8 Å². The number of amides is 2. The van der Waals surface area contributed by atoms with E-state index in [2.05, 4.69) is 5.32 Å². The van der Waals surface area contributed by atoms with Gasteiger partial charge in [0.05, 0.1) is 4.92 Å². The topological polar surface area (TPSA) is 92.6 Å². The van der Waals surface area contributed by atoms with Crippen LogP contribution in [0, 0.1) is 17.0 Å². The molecule has 140 valence electrons. The molecule has 1 N–H and O–H groups in total. The maximum atomic E-state index is 12.6. The molecule has 0 aliphatic carbocycles. The van der Waals surface area contributed by atoms with Crippen molar-refractivity contribution in [3.8, 4) is 0 Å². The van der Waals surface area contributed by atoms with Crippen LogP contribution in [0.4, 0.5) is 17.1 Å². The molecule has 0 saturated heterocycles. The first kappa shape index (κ1) is 18.6. The van der Waals surface area contributed by atoms with Crippen molar-refractivity contribution in [2.24, 2.45) is 0 Å². The van der Waals surface area contributed by atoms with Crippen molar-refractivity contribution in [2.75, 3.05) is 16.8 Å². The predicted molar refractivity (Wildman–Crippen MR) is 103 cm³/mol. The fourth-order valence-corrected chi connectivity index (χ4v) is 3.37. The number of rotatable bonds is 5. The van der Waals surface area contributed by atoms with Crippen LogP contribution in [0.1, 0.15) is 41.3 Å². The van der Waals surface area contributed by atoms with E-state index in [-0.39, 0.29) is 17.2 Å². The van der Waals surface area contributed by atoms with Gasteiger partial charge >= 0.3 is 0 Å². The van der Waals surface area contributed by atoms with Gasteiger partial charge in [0, 0.05) is 41.5 Å². The molecule has 1 aliphatic rings. The molecule has 1 heterocycles. The fraction of sp³-hybridized carbons (Fsp3) is 0.300. The smallest absolute Gasteiger partial charge is 0.273 e. The highest BCUT2D eigenvalue weighted by Crippen LogP contribution is 2.31. The first-order chi connectivity index (χ1) is 12.9. The van der Waals surface area contributed by atoms with E-state index in [1.165, 1.54) is 12.1 Å². The second kappa shape index (κ2) is 7.57. The van der Waals surface area contributed by atoms with Gasteiger partial charge in [-0.3, -0.25) is 19.7 Å². The molecule has 0 spiro atoms. The lowest BCUT2D eigenvalue weighted by atomic mass is 10.00. The van der Waals surface area contributed by atoms with Crippen LogP contribution in [0.25, 0.3) is 0 Å². The van der Waals surface area contributed by atoms with E-state index in [0.29, 0.717) is 30.6 Å². The number of nitro groups is 1. The largest absolute Gasteiger partial charge is 0.322 e. The molecule has 7 heteroatoms. The van der Waals surface area contributed by atoms with Crippen LogP contribution in [0.5, 0.6) is 0 Å². The van der Waals surface area contributed by atoms with Crippen LogP contribution in [-0.4, -0.2) is 23.3 Å². The monoisotopic (exact) mass is 367 g/mol. The number of nitrogens with zero attached hydrogens (tertiary/aromatic N) is 2. The first-order valence-corrected chi connectivity index (χ1v) is 8.91. The van der Waals surface area contributed by atoms with Gasteiger partial charge in [0.2, 0.25) is 5.91 Å². The molecule has 0 saturated carbocycles. The third kappa shape index (κ3) is 3.67. The molecule has 2 amide bonds. The average Bonchev–Trinajstić information content (AvgIpc) is 2.64. The van der Waals surface area contributed by atoms with Gasteiger partial charge in [-0.1, -0.05) is 13.0 Å². The Morgan fingerprint density at radius 1 is 1.26 bits per heavy atom. The minimum absolute atomic E-state index is 0.0817. The van der Waals surface area contributed by atoms with Crippen LogP contribution < -0.4 is 10.2 Å². The maximum absolute atomic E-state index is 12.6. The van der Waals surface area contributed by atoms with Crippen molar-refractivity contribution in [2.45, 2.75) is 33.1 Å². The quantitative estimate of drug-likeness (QED) is 0.642. The second-order valence-electron chi connectivity index (χ2n) is 6.55. The van der Waals surface area contributed by atoms with Crippen molar-refractivity contribution < 1.29 is 14.5 Å². The van der Waals surface area contributed by atoms with E-state index in [1.807, 2.05) is 19.1 Å². The highest BCUT2D eigenvalue weighted by molar-refractivity contribution is 6.06. The molecule has 0 unspecified atom stereocenters. The van der Waals surface area contributed by atoms with Gasteiger partial charge in [-0.05, 0) is 49.6 Å². The summed E-state index contributed by atoms with van der Waals surface area (Å²) in [7, 11) is 0. The summed E-state index contributed by atoms with van der Waals surface area (Å²) in [6.07, 6.45) is 1.96. The van der Waals surface area contributed by atoms with E-state index in [4.69, 9.17) is 0 Å². The Kier molecular flexibility index (Phi) is 5.21. The summed E-state index contributed by atoms with van der Waals surface area (Å²) in [5.41, 5.74) is 3.02. The lowest BCUT2D eigenvalue weighted by molar-refractivity contribution is -0.385. The minimum Gasteiger partial charge on any atom is -0.322 e. The number of carbonyl (C=O) groups is 2. The molecule has 27 heavy (non-hydrogen) atoms. The number of nitrogens with one attached hydrogen (secondary N) is 1. The zero-order valence-electron chi connectivity index (χ0n) is 15.3. The molecular formula is C20H21N3O4. The normalized spacial score (nSPS) is 13.3. The Labute approximate surface area is 157 Å². The van der Waals surface area contributed by atoms with Gasteiger partial charge in [0.25, 0.3) is 11.6 Å². The highest BCUT2D eigenvalue weighted by atomic mass is 16.6. The van der Waals surface area contributed by atoms with Gasteiger partial charge in [-0.2, -0.15) is 0 Å². The molecule has 2 aromatic carbocycles. The summed E-state index contributed by atoms with van der Waals surface area (Å²) in [5, 5.41) is 13.9. The SMILES string of the molecule is CCCN1C(=O)CCc2cc(NC(=O)c3cccc([N+](=O)[O-])c3C)ccc21. The number of fused-ring (bicyclic) bond motifs is 1. The molecule has 7 nitrogen and oxygen atoms in total. The summed E-state index contributed by atoms with van der Waals surface area (Å²) in [6, 6.07) is 9.92. The fourth-order valence-electron chi connectivity index (χ4n) is 3.37. The number of benzene rings is 2. The Balaban J connectivity index is 1.85. The molecule has 0 bridgehead atoms. The highest BCUT2D eigenvalue weighted by Gasteiger charge is 2.24. The molecule has 0 atom stereocenters. The minimum atomic E-state index is -0.496. The standard InChI is InChI=1S/C20H21N3O4/c1-3-11-22-18-9-8-15(12-14(18)7-10-19(22)24)21-20(25)16-5-4-6-17(13(16)2)23(26)27/h4-6,8-9,12H,3,7,10-11H2,1-2H3,(H,21,25). The van der Waals surface area contributed by atoms with Crippen molar-refractivity contribution in [3.63, 3.8) is 0 Å². The summed E-state index contributed by atoms with van der Waals surface area (Å²) in [5.74, 6) is -0.276. The van der Waals surface area contributed by atoms with Crippen LogP contribution in [0.3, 0.4) is 0 Å². The Bertz CT molecular complexity index is 923. The molecule has 0 aromatic heterocycles. The van der Waals surface area contributed by atoms with Gasteiger partial charge < -0.3 is 10.2 Å². The summed E-state index contributed by atoms with van der Waals surface area (Å²) >= 11 is 0. The van der Waals surface area contributed by atoms with Gasteiger partial charge in [0.15, 0.2) is 0 Å². The number of hydrogen-bond donors (Lipinski definition) is 1. The Hall–Kier alpha value is -3.22. The van der Waals surface area contributed by atoms with Crippen LogP contribution in [-0.2, 0) is 11.2 Å². The third-order valence-electron chi connectivity index (χ3n) is 4.73. The molecule has 0 fully saturated rings. The van der Waals surface area contributed by atoms with Crippen molar-refractivity contribution in [3.05, 3.63) is 63.2 Å². The molecule has 1 aliphatic heterocycles. The molecule has 0 radical (unpaired) electrons. The van der Waals surface area contributed by atoms with Gasteiger partial charge in [-0.25, -0.2) is 0 Å². The maximum Gasteiger partial charge on any atom is 0.273 e. The lowest BCUT2D eigenvalue weighted by Gasteiger charge is -2.29. The zero-order valence-corrected chi connectivity index (χ0v) is 15.3. The molecular weight excluding hydrogens is 346 g/mol. The van der Waals surface area contributed by atoms with Crippen molar-refractivity contribution >= 4 is 28.9 Å². The predicted octanol–water partition coefficient (Wildman–Crippen LogP) is 3.84. The number of hydrogen-bond acceptors (Lipinski definition) is 4. The van der Waals surface area contributed by atoms with Crippen LogP contribution in [0.2, 0.25) is 0 Å². The van der Waals surface area contributed by atoms with E-state index >= 15 is 0 Å². The summed E-state index contributed by atoms with van der Waals surface area (Å²) < 4.78 is 0. The number of carbonyl (C=O) groups excluding carboxylic acids is 2. The van der Waals surface area contributed by atoms with Gasteiger partial charge in [-0.15, -0.1) is 0 Å². The summed E-state index contributed by atoms with van der Waals surface area (Å²) in [6.45, 7) is 4.26.